The summed E-state index contributed by atoms with van der Waals surface area (Å²) in [5.41, 5.74) is 3.42. The molecule has 0 amide bonds. The van der Waals surface area contributed by atoms with E-state index in [0.717, 1.165) is 24.2 Å². The van der Waals surface area contributed by atoms with E-state index >= 15 is 0 Å². The first-order chi connectivity index (χ1) is 8.74. The second-order valence-electron chi connectivity index (χ2n) is 4.52. The normalized spacial score (nSPS) is 12.6. The topological polar surface area (TPSA) is 42.7 Å². The van der Waals surface area contributed by atoms with Crippen molar-refractivity contribution in [1.29, 1.82) is 0 Å². The van der Waals surface area contributed by atoms with Crippen LogP contribution in [-0.2, 0) is 6.54 Å². The molecule has 0 saturated carbocycles. The molecule has 0 aliphatic heterocycles. The van der Waals surface area contributed by atoms with Crippen LogP contribution < -0.4 is 5.32 Å². The Morgan fingerprint density at radius 3 is 2.94 bits per heavy atom. The number of nitrogens with zero attached hydrogens (tertiary/aromatic N) is 3. The van der Waals surface area contributed by atoms with Crippen LogP contribution >= 0.6 is 0 Å². The van der Waals surface area contributed by atoms with Gasteiger partial charge in [-0.3, -0.25) is 9.67 Å². The van der Waals surface area contributed by atoms with Crippen molar-refractivity contribution >= 4 is 0 Å². The number of hydrogen-bond acceptors (Lipinski definition) is 3. The maximum Gasteiger partial charge on any atom is 0.0779 e. The number of pyridine rings is 1. The average Bonchev–Trinajstić information content (AvgIpc) is 2.79. The van der Waals surface area contributed by atoms with E-state index in [-0.39, 0.29) is 6.04 Å². The van der Waals surface area contributed by atoms with E-state index in [4.69, 9.17) is 0 Å². The van der Waals surface area contributed by atoms with Crippen molar-refractivity contribution in [2.75, 3.05) is 7.05 Å². The molecule has 0 aromatic carbocycles. The molecule has 0 spiro atoms. The lowest BCUT2D eigenvalue weighted by atomic mass is 10.1. The first-order valence-corrected chi connectivity index (χ1v) is 6.36. The molecule has 4 heteroatoms. The Hall–Kier alpha value is -1.68. The van der Waals surface area contributed by atoms with Crippen LogP contribution in [0.25, 0.3) is 0 Å². The minimum atomic E-state index is 0.107. The number of rotatable bonds is 5. The van der Waals surface area contributed by atoms with Crippen molar-refractivity contribution in [2.45, 2.75) is 32.9 Å². The molecule has 2 rings (SSSR count). The summed E-state index contributed by atoms with van der Waals surface area (Å²) in [7, 11) is 1.95. The Bertz CT molecular complexity index is 504. The summed E-state index contributed by atoms with van der Waals surface area (Å²) in [6.45, 7) is 5.19. The van der Waals surface area contributed by atoms with Gasteiger partial charge in [0.05, 0.1) is 17.9 Å². The highest BCUT2D eigenvalue weighted by Crippen LogP contribution is 2.20. The minimum absolute atomic E-state index is 0.107. The Balaban J connectivity index is 2.27. The molecule has 96 valence electrons. The summed E-state index contributed by atoms with van der Waals surface area (Å²) in [6.07, 6.45) is 6.95. The van der Waals surface area contributed by atoms with E-state index in [2.05, 4.69) is 41.5 Å². The van der Waals surface area contributed by atoms with Crippen molar-refractivity contribution in [1.82, 2.24) is 20.1 Å². The van der Waals surface area contributed by atoms with Crippen molar-refractivity contribution in [3.8, 4) is 0 Å². The summed E-state index contributed by atoms with van der Waals surface area (Å²) in [4.78, 5) is 4.44. The molecule has 1 atom stereocenters. The first-order valence-electron chi connectivity index (χ1n) is 6.36. The van der Waals surface area contributed by atoms with Gasteiger partial charge in [0.2, 0.25) is 0 Å². The summed E-state index contributed by atoms with van der Waals surface area (Å²) in [6, 6.07) is 4.23. The molecule has 2 heterocycles. The number of aromatic nitrogens is 3. The van der Waals surface area contributed by atoms with Gasteiger partial charge >= 0.3 is 0 Å². The highest BCUT2D eigenvalue weighted by atomic mass is 15.3. The van der Waals surface area contributed by atoms with Crippen LogP contribution in [0.3, 0.4) is 0 Å². The van der Waals surface area contributed by atoms with Gasteiger partial charge in [-0.1, -0.05) is 6.92 Å². The molecular formula is C14H20N4. The third-order valence-electron chi connectivity index (χ3n) is 2.96. The van der Waals surface area contributed by atoms with Crippen LogP contribution in [0.4, 0.5) is 0 Å². The number of aryl methyl sites for hydroxylation is 2. The van der Waals surface area contributed by atoms with Gasteiger partial charge in [-0.05, 0) is 38.1 Å². The van der Waals surface area contributed by atoms with E-state index in [0.29, 0.717) is 0 Å². The highest BCUT2D eigenvalue weighted by molar-refractivity contribution is 5.26. The monoisotopic (exact) mass is 244 g/mol. The Kier molecular flexibility index (Phi) is 4.10. The van der Waals surface area contributed by atoms with Gasteiger partial charge in [-0.25, -0.2) is 0 Å². The van der Waals surface area contributed by atoms with Crippen LogP contribution in [0.2, 0.25) is 0 Å². The molecule has 0 saturated heterocycles. The minimum Gasteiger partial charge on any atom is -0.308 e. The third kappa shape index (κ3) is 2.76. The van der Waals surface area contributed by atoms with E-state index in [1.54, 1.807) is 0 Å². The van der Waals surface area contributed by atoms with Crippen LogP contribution in [-0.4, -0.2) is 21.8 Å². The predicted molar refractivity (Wildman–Crippen MR) is 72.4 cm³/mol. The molecule has 0 radical (unpaired) electrons. The SMILES string of the molecule is CCCn1cc(C(NC)c2cc(C)ccn2)cn1. The lowest BCUT2D eigenvalue weighted by molar-refractivity contribution is 0.600. The second kappa shape index (κ2) is 5.78. The summed E-state index contributed by atoms with van der Waals surface area (Å²) >= 11 is 0. The zero-order valence-corrected chi connectivity index (χ0v) is 11.2. The summed E-state index contributed by atoms with van der Waals surface area (Å²) in [5, 5.41) is 7.67. The van der Waals surface area contributed by atoms with Crippen LogP contribution in [0.15, 0.2) is 30.7 Å². The summed E-state index contributed by atoms with van der Waals surface area (Å²) in [5.74, 6) is 0. The number of hydrogen-bond donors (Lipinski definition) is 1. The van der Waals surface area contributed by atoms with Crippen molar-refractivity contribution in [2.24, 2.45) is 0 Å². The fourth-order valence-electron chi connectivity index (χ4n) is 2.08. The molecule has 4 nitrogen and oxygen atoms in total. The Labute approximate surface area is 108 Å². The molecule has 1 N–H and O–H groups in total. The van der Waals surface area contributed by atoms with Crippen LogP contribution in [0.5, 0.6) is 0 Å². The van der Waals surface area contributed by atoms with Crippen molar-refractivity contribution in [3.63, 3.8) is 0 Å². The molecular weight excluding hydrogens is 224 g/mol. The predicted octanol–water partition coefficient (Wildman–Crippen LogP) is 2.31. The molecule has 2 aromatic heterocycles. The lowest BCUT2D eigenvalue weighted by Crippen LogP contribution is -2.18. The van der Waals surface area contributed by atoms with Gasteiger partial charge in [-0.2, -0.15) is 5.10 Å². The van der Waals surface area contributed by atoms with E-state index in [1.165, 1.54) is 5.56 Å². The Morgan fingerprint density at radius 2 is 2.28 bits per heavy atom. The van der Waals surface area contributed by atoms with Gasteiger partial charge in [0.1, 0.15) is 0 Å². The molecule has 2 aromatic rings. The molecule has 0 aliphatic rings. The molecule has 0 aliphatic carbocycles. The maximum absolute atomic E-state index is 4.44. The zero-order valence-electron chi connectivity index (χ0n) is 11.2. The molecule has 18 heavy (non-hydrogen) atoms. The van der Waals surface area contributed by atoms with Gasteiger partial charge in [-0.15, -0.1) is 0 Å². The number of nitrogens with one attached hydrogen (secondary N) is 1. The van der Waals surface area contributed by atoms with Gasteiger partial charge < -0.3 is 5.32 Å². The fourth-order valence-corrected chi connectivity index (χ4v) is 2.08. The quantitative estimate of drug-likeness (QED) is 0.877. The molecule has 1 unspecified atom stereocenters. The van der Waals surface area contributed by atoms with Crippen LogP contribution in [0.1, 0.15) is 36.2 Å². The molecule has 0 fully saturated rings. The first kappa shape index (κ1) is 12.8. The van der Waals surface area contributed by atoms with E-state index in [1.807, 2.05) is 30.2 Å². The largest absolute Gasteiger partial charge is 0.308 e. The Morgan fingerprint density at radius 1 is 1.44 bits per heavy atom. The third-order valence-corrected chi connectivity index (χ3v) is 2.96. The smallest absolute Gasteiger partial charge is 0.0779 e. The highest BCUT2D eigenvalue weighted by Gasteiger charge is 2.15. The zero-order chi connectivity index (χ0) is 13.0. The fraction of sp³-hybridized carbons (Fsp3) is 0.429. The molecule has 0 bridgehead atoms. The van der Waals surface area contributed by atoms with E-state index < -0.39 is 0 Å². The maximum atomic E-state index is 4.44. The van der Waals surface area contributed by atoms with Gasteiger partial charge in [0.15, 0.2) is 0 Å². The van der Waals surface area contributed by atoms with E-state index in [9.17, 15) is 0 Å². The van der Waals surface area contributed by atoms with Crippen molar-refractivity contribution < 1.29 is 0 Å². The standard InChI is InChI=1S/C14H20N4/c1-4-7-18-10-12(9-17-18)14(15-3)13-8-11(2)5-6-16-13/h5-6,8-10,14-15H,4,7H2,1-3H3. The van der Waals surface area contributed by atoms with Crippen LogP contribution in [0, 0.1) is 6.92 Å². The van der Waals surface area contributed by atoms with Gasteiger partial charge in [0, 0.05) is 24.5 Å². The van der Waals surface area contributed by atoms with Gasteiger partial charge in [0.25, 0.3) is 0 Å². The van der Waals surface area contributed by atoms with Crippen molar-refractivity contribution in [3.05, 3.63) is 47.5 Å². The lowest BCUT2D eigenvalue weighted by Gasteiger charge is -2.14. The summed E-state index contributed by atoms with van der Waals surface area (Å²) < 4.78 is 1.98. The second-order valence-corrected chi connectivity index (χ2v) is 4.52. The average molecular weight is 244 g/mol.